The molecule has 6 nitrogen and oxygen atoms in total. The van der Waals surface area contributed by atoms with E-state index in [4.69, 9.17) is 0 Å². The minimum atomic E-state index is -1.02. The molecule has 0 saturated heterocycles. The highest BCUT2D eigenvalue weighted by Gasteiger charge is 2.31. The Balaban J connectivity index is 1.74. The number of ether oxygens (including phenoxy) is 2. The molecule has 2 fully saturated rings. The molecule has 116 valence electrons. The van der Waals surface area contributed by atoms with Gasteiger partial charge < -0.3 is 9.47 Å². The molecule has 6 heteroatoms. The van der Waals surface area contributed by atoms with Gasteiger partial charge in [0, 0.05) is 23.3 Å². The first kappa shape index (κ1) is 15.9. The summed E-state index contributed by atoms with van der Waals surface area (Å²) in [5, 5.41) is 0. The second-order valence-electron chi connectivity index (χ2n) is 5.35. The Labute approximate surface area is 127 Å². The van der Waals surface area contributed by atoms with Gasteiger partial charge in [0.15, 0.2) is 0 Å². The quantitative estimate of drug-likeness (QED) is 0.421. The highest BCUT2D eigenvalue weighted by atomic mass is 16.6. The summed E-state index contributed by atoms with van der Waals surface area (Å²) in [5.74, 6) is -3.47. The van der Waals surface area contributed by atoms with Gasteiger partial charge >= 0.3 is 23.9 Å². The number of hydrogen-bond acceptors (Lipinski definition) is 6. The van der Waals surface area contributed by atoms with E-state index in [1.54, 1.807) is 0 Å². The van der Waals surface area contributed by atoms with Gasteiger partial charge in [-0.05, 0) is 37.5 Å². The van der Waals surface area contributed by atoms with Crippen molar-refractivity contribution in [1.82, 2.24) is 0 Å². The van der Waals surface area contributed by atoms with E-state index in [-0.39, 0.29) is 23.0 Å². The molecule has 22 heavy (non-hydrogen) atoms. The smallest absolute Gasteiger partial charge is 0.341 e. The van der Waals surface area contributed by atoms with E-state index in [1.807, 2.05) is 0 Å². The number of esters is 4. The van der Waals surface area contributed by atoms with Crippen LogP contribution >= 0.6 is 0 Å². The second kappa shape index (κ2) is 6.51. The van der Waals surface area contributed by atoms with E-state index in [1.165, 1.54) is 0 Å². The molecule has 2 aliphatic carbocycles. The van der Waals surface area contributed by atoms with Gasteiger partial charge in [-0.15, -0.1) is 0 Å². The third-order valence-electron chi connectivity index (χ3n) is 3.41. The fourth-order valence-corrected chi connectivity index (χ4v) is 1.71. The van der Waals surface area contributed by atoms with Gasteiger partial charge in [-0.1, -0.05) is 13.2 Å². The van der Waals surface area contributed by atoms with Crippen LogP contribution < -0.4 is 0 Å². The average molecular weight is 304 g/mol. The summed E-state index contributed by atoms with van der Waals surface area (Å²) in [4.78, 5) is 45.7. The molecular formula is C16H16O6. The highest BCUT2D eigenvalue weighted by Crippen LogP contribution is 2.36. The van der Waals surface area contributed by atoms with Crippen molar-refractivity contribution in [3.05, 3.63) is 36.5 Å². The van der Waals surface area contributed by atoms with E-state index >= 15 is 0 Å². The van der Waals surface area contributed by atoms with Crippen molar-refractivity contribution in [3.8, 4) is 0 Å². The molecular weight excluding hydrogens is 288 g/mol. The molecule has 0 aromatic carbocycles. The summed E-state index contributed by atoms with van der Waals surface area (Å²) in [6.45, 7) is 7.10. The monoisotopic (exact) mass is 304 g/mol. The first-order chi connectivity index (χ1) is 10.4. The van der Waals surface area contributed by atoms with E-state index in [9.17, 15) is 19.2 Å². The Morgan fingerprint density at radius 2 is 1.05 bits per heavy atom. The van der Waals surface area contributed by atoms with Crippen LogP contribution in [0.4, 0.5) is 0 Å². The topological polar surface area (TPSA) is 86.7 Å². The van der Waals surface area contributed by atoms with Gasteiger partial charge in [-0.3, -0.25) is 0 Å². The van der Waals surface area contributed by atoms with Gasteiger partial charge in [0.2, 0.25) is 0 Å². The maximum atomic E-state index is 11.5. The Kier molecular flexibility index (Phi) is 4.70. The summed E-state index contributed by atoms with van der Waals surface area (Å²) in [6.07, 6.45) is 4.89. The molecule has 0 aliphatic heterocycles. The minimum Gasteiger partial charge on any atom is -0.386 e. The Bertz CT molecular complexity index is 538. The van der Waals surface area contributed by atoms with Crippen molar-refractivity contribution in [2.24, 2.45) is 11.8 Å². The van der Waals surface area contributed by atoms with Gasteiger partial charge in [0.05, 0.1) is 0 Å². The summed E-state index contributed by atoms with van der Waals surface area (Å²) in [7, 11) is 0. The third kappa shape index (κ3) is 4.51. The fourth-order valence-electron chi connectivity index (χ4n) is 1.71. The molecule has 2 saturated carbocycles. The lowest BCUT2D eigenvalue weighted by molar-refractivity contribution is -0.156. The molecule has 2 rings (SSSR count). The van der Waals surface area contributed by atoms with Crippen LogP contribution in [0.5, 0.6) is 0 Å². The number of hydrogen-bond donors (Lipinski definition) is 0. The summed E-state index contributed by atoms with van der Waals surface area (Å²) in [6, 6.07) is 0. The molecule has 2 aliphatic rings. The molecule has 0 amide bonds. The van der Waals surface area contributed by atoms with Gasteiger partial charge in [0.1, 0.15) is 0 Å². The van der Waals surface area contributed by atoms with E-state index in [2.05, 4.69) is 22.6 Å². The lowest BCUT2D eigenvalue weighted by atomic mass is 10.2. The maximum absolute atomic E-state index is 11.5. The molecule has 0 radical (unpaired) electrons. The predicted molar refractivity (Wildman–Crippen MR) is 75.1 cm³/mol. The van der Waals surface area contributed by atoms with Crippen molar-refractivity contribution in [1.29, 1.82) is 0 Å². The SMILES string of the molecule is C=C(C(=O)OC(=O)/C=C\C(=O)OC(=O)C(=C)C1CC1)C1CC1. The first-order valence-corrected chi connectivity index (χ1v) is 6.96. The zero-order valence-electron chi connectivity index (χ0n) is 12.0. The van der Waals surface area contributed by atoms with Gasteiger partial charge in [-0.25, -0.2) is 19.2 Å². The lowest BCUT2D eigenvalue weighted by Crippen LogP contribution is -2.15. The van der Waals surface area contributed by atoms with Crippen LogP contribution in [0.25, 0.3) is 0 Å². The number of carbonyl (C=O) groups excluding carboxylic acids is 4. The van der Waals surface area contributed by atoms with Crippen molar-refractivity contribution in [3.63, 3.8) is 0 Å². The van der Waals surface area contributed by atoms with Crippen LogP contribution in [-0.4, -0.2) is 23.9 Å². The zero-order chi connectivity index (χ0) is 16.3. The summed E-state index contributed by atoms with van der Waals surface area (Å²) >= 11 is 0. The zero-order valence-corrected chi connectivity index (χ0v) is 12.0. The normalized spacial score (nSPS) is 16.9. The molecule has 0 aromatic heterocycles. The van der Waals surface area contributed by atoms with Crippen molar-refractivity contribution >= 4 is 23.9 Å². The molecule has 0 bridgehead atoms. The molecule has 0 atom stereocenters. The summed E-state index contributed by atoms with van der Waals surface area (Å²) < 4.78 is 8.98. The Morgan fingerprint density at radius 1 is 0.727 bits per heavy atom. The van der Waals surface area contributed by atoms with Gasteiger partial charge in [-0.2, -0.15) is 0 Å². The third-order valence-corrected chi connectivity index (χ3v) is 3.41. The molecule has 0 heterocycles. The average Bonchev–Trinajstić information content (AvgIpc) is 3.35. The highest BCUT2D eigenvalue weighted by molar-refractivity contribution is 6.04. The lowest BCUT2D eigenvalue weighted by Gasteiger charge is -2.02. The molecule has 0 N–H and O–H groups in total. The van der Waals surface area contributed by atoms with E-state index < -0.39 is 23.9 Å². The largest absolute Gasteiger partial charge is 0.386 e. The van der Waals surface area contributed by atoms with Crippen molar-refractivity contribution in [2.75, 3.05) is 0 Å². The Hall–Kier alpha value is -2.50. The standard InChI is InChI=1S/C16H16O6/c1-9(11-3-4-11)15(19)21-13(17)7-8-14(18)22-16(20)10(2)12-5-6-12/h7-8,11-12H,1-6H2/b8-7-. The van der Waals surface area contributed by atoms with Crippen LogP contribution in [0.3, 0.4) is 0 Å². The van der Waals surface area contributed by atoms with Gasteiger partial charge in [0.25, 0.3) is 0 Å². The van der Waals surface area contributed by atoms with Crippen LogP contribution in [0, 0.1) is 11.8 Å². The first-order valence-electron chi connectivity index (χ1n) is 6.96. The van der Waals surface area contributed by atoms with Crippen LogP contribution in [-0.2, 0) is 28.7 Å². The minimum absolute atomic E-state index is 0.0836. The summed E-state index contributed by atoms with van der Waals surface area (Å²) in [5.41, 5.74) is 0.500. The van der Waals surface area contributed by atoms with Crippen LogP contribution in [0.1, 0.15) is 25.7 Å². The van der Waals surface area contributed by atoms with E-state index in [0.717, 1.165) is 37.8 Å². The number of carbonyl (C=O) groups is 4. The van der Waals surface area contributed by atoms with Crippen molar-refractivity contribution in [2.45, 2.75) is 25.7 Å². The maximum Gasteiger partial charge on any atom is 0.341 e. The fraction of sp³-hybridized carbons (Fsp3) is 0.375. The molecule has 0 aromatic rings. The van der Waals surface area contributed by atoms with Crippen molar-refractivity contribution < 1.29 is 28.7 Å². The predicted octanol–water partition coefficient (Wildman–Crippen LogP) is 1.61. The molecule has 0 unspecified atom stereocenters. The van der Waals surface area contributed by atoms with Crippen LogP contribution in [0.2, 0.25) is 0 Å². The van der Waals surface area contributed by atoms with Crippen LogP contribution in [0.15, 0.2) is 36.5 Å². The van der Waals surface area contributed by atoms with E-state index in [0.29, 0.717) is 0 Å². The molecule has 0 spiro atoms. The number of rotatable bonds is 6. The second-order valence-corrected chi connectivity index (χ2v) is 5.35. The Morgan fingerprint density at radius 3 is 1.32 bits per heavy atom.